The molecule has 3 aromatic heterocycles. The number of hydrogen-bond acceptors (Lipinski definition) is 5. The van der Waals surface area contributed by atoms with E-state index in [-0.39, 0.29) is 0 Å². The molecule has 0 saturated heterocycles. The summed E-state index contributed by atoms with van der Waals surface area (Å²) >= 11 is 1.65. The van der Waals surface area contributed by atoms with E-state index < -0.39 is 0 Å². The summed E-state index contributed by atoms with van der Waals surface area (Å²) < 4.78 is 2.09. The monoisotopic (exact) mass is 273 g/mol. The van der Waals surface area contributed by atoms with E-state index in [0.29, 0.717) is 0 Å². The van der Waals surface area contributed by atoms with Gasteiger partial charge in [-0.15, -0.1) is 11.3 Å². The minimum Gasteiger partial charge on any atom is -0.359 e. The fourth-order valence-corrected chi connectivity index (χ4v) is 2.82. The first-order chi connectivity index (χ1) is 9.34. The van der Waals surface area contributed by atoms with Crippen molar-refractivity contribution in [3.63, 3.8) is 0 Å². The Morgan fingerprint density at radius 2 is 2.32 bits per heavy atom. The van der Waals surface area contributed by atoms with Gasteiger partial charge in [0.25, 0.3) is 0 Å². The molecule has 0 unspecified atom stereocenters. The van der Waals surface area contributed by atoms with Gasteiger partial charge in [-0.2, -0.15) is 0 Å². The lowest BCUT2D eigenvalue weighted by molar-refractivity contribution is 0.636. The molecule has 0 N–H and O–H groups in total. The molecule has 5 nitrogen and oxygen atoms in total. The quantitative estimate of drug-likeness (QED) is 0.716. The SMILES string of the molecule is CN(CCCn1ccnc1)c1ncnc2sccc12. The molecular weight excluding hydrogens is 258 g/mol. The first kappa shape index (κ1) is 12.1. The van der Waals surface area contributed by atoms with Crippen LogP contribution in [0.25, 0.3) is 10.2 Å². The molecule has 0 bridgehead atoms. The molecule has 98 valence electrons. The molecule has 0 saturated carbocycles. The molecule has 0 aliphatic rings. The predicted octanol–water partition coefficient (Wildman–Crippen LogP) is 2.41. The number of aryl methyl sites for hydroxylation is 1. The molecule has 3 heterocycles. The van der Waals surface area contributed by atoms with Crippen LogP contribution in [0.3, 0.4) is 0 Å². The zero-order chi connectivity index (χ0) is 13.1. The Morgan fingerprint density at radius 1 is 1.37 bits per heavy atom. The maximum absolute atomic E-state index is 4.40. The van der Waals surface area contributed by atoms with E-state index in [2.05, 4.69) is 42.9 Å². The summed E-state index contributed by atoms with van der Waals surface area (Å²) in [6.07, 6.45) is 8.34. The minimum absolute atomic E-state index is 0.958. The maximum atomic E-state index is 4.40. The van der Waals surface area contributed by atoms with Crippen LogP contribution in [0.1, 0.15) is 6.42 Å². The molecule has 0 fully saturated rings. The van der Waals surface area contributed by atoms with Crippen molar-refractivity contribution in [1.29, 1.82) is 0 Å². The lowest BCUT2D eigenvalue weighted by Gasteiger charge is -2.18. The van der Waals surface area contributed by atoms with Crippen LogP contribution in [0.4, 0.5) is 5.82 Å². The van der Waals surface area contributed by atoms with E-state index in [0.717, 1.165) is 35.5 Å². The van der Waals surface area contributed by atoms with Gasteiger partial charge < -0.3 is 9.47 Å². The summed E-state index contributed by atoms with van der Waals surface area (Å²) in [5.41, 5.74) is 0. The highest BCUT2D eigenvalue weighted by Gasteiger charge is 2.08. The van der Waals surface area contributed by atoms with Gasteiger partial charge in [-0.05, 0) is 17.9 Å². The smallest absolute Gasteiger partial charge is 0.140 e. The number of thiophene rings is 1. The van der Waals surface area contributed by atoms with Crippen molar-refractivity contribution in [2.24, 2.45) is 0 Å². The van der Waals surface area contributed by atoms with Gasteiger partial charge in [0, 0.05) is 32.5 Å². The second-order valence-corrected chi connectivity index (χ2v) is 5.31. The topological polar surface area (TPSA) is 46.8 Å². The molecule has 19 heavy (non-hydrogen) atoms. The van der Waals surface area contributed by atoms with Crippen molar-refractivity contribution in [3.8, 4) is 0 Å². The van der Waals surface area contributed by atoms with Crippen LogP contribution in [0.2, 0.25) is 0 Å². The van der Waals surface area contributed by atoms with Crippen molar-refractivity contribution < 1.29 is 0 Å². The Balaban J connectivity index is 1.66. The summed E-state index contributed by atoms with van der Waals surface area (Å²) in [4.78, 5) is 15.9. The normalized spacial score (nSPS) is 11.0. The molecule has 0 aliphatic heterocycles. The minimum atomic E-state index is 0.958. The summed E-state index contributed by atoms with van der Waals surface area (Å²) in [7, 11) is 2.08. The molecule has 0 radical (unpaired) electrons. The van der Waals surface area contributed by atoms with Gasteiger partial charge in [0.05, 0.1) is 11.7 Å². The van der Waals surface area contributed by atoms with Crippen molar-refractivity contribution in [1.82, 2.24) is 19.5 Å². The fourth-order valence-electron chi connectivity index (χ4n) is 2.10. The first-order valence-corrected chi connectivity index (χ1v) is 7.07. The average Bonchev–Trinajstić information content (AvgIpc) is 3.08. The molecule has 3 rings (SSSR count). The maximum Gasteiger partial charge on any atom is 0.140 e. The molecule has 0 spiro atoms. The van der Waals surface area contributed by atoms with Crippen molar-refractivity contribution >= 4 is 27.4 Å². The van der Waals surface area contributed by atoms with Crippen molar-refractivity contribution in [2.45, 2.75) is 13.0 Å². The van der Waals surface area contributed by atoms with Crippen LogP contribution >= 0.6 is 11.3 Å². The van der Waals surface area contributed by atoms with Gasteiger partial charge in [-0.1, -0.05) is 0 Å². The van der Waals surface area contributed by atoms with Gasteiger partial charge in [0.15, 0.2) is 0 Å². The van der Waals surface area contributed by atoms with Crippen molar-refractivity contribution in [3.05, 3.63) is 36.5 Å². The highest BCUT2D eigenvalue weighted by atomic mass is 32.1. The van der Waals surface area contributed by atoms with Gasteiger partial charge in [0.2, 0.25) is 0 Å². The number of imidazole rings is 1. The lowest BCUT2D eigenvalue weighted by atomic mass is 10.3. The van der Waals surface area contributed by atoms with Crippen LogP contribution in [0, 0.1) is 0 Å². The standard InChI is InChI=1S/C13H15N5S/c1-17(5-2-6-18-7-4-14-10-18)12-11-3-8-19-13(11)16-9-15-12/h3-4,7-10H,2,5-6H2,1H3. The Morgan fingerprint density at radius 3 is 3.16 bits per heavy atom. The largest absolute Gasteiger partial charge is 0.359 e. The van der Waals surface area contributed by atoms with Gasteiger partial charge >= 0.3 is 0 Å². The van der Waals surface area contributed by atoms with Gasteiger partial charge in [0.1, 0.15) is 17.0 Å². The Labute approximate surface area is 115 Å². The number of rotatable bonds is 5. The summed E-state index contributed by atoms with van der Waals surface area (Å²) in [5, 5.41) is 3.19. The van der Waals surface area contributed by atoms with Crippen LogP contribution in [0.5, 0.6) is 0 Å². The van der Waals surface area contributed by atoms with E-state index >= 15 is 0 Å². The van der Waals surface area contributed by atoms with Crippen LogP contribution in [-0.2, 0) is 6.54 Å². The zero-order valence-corrected chi connectivity index (χ0v) is 11.5. The Kier molecular flexibility index (Phi) is 3.41. The summed E-state index contributed by atoms with van der Waals surface area (Å²) in [6, 6.07) is 2.09. The molecule has 0 amide bonds. The van der Waals surface area contributed by atoms with E-state index in [4.69, 9.17) is 0 Å². The Bertz CT molecular complexity index is 646. The second kappa shape index (κ2) is 5.36. The zero-order valence-electron chi connectivity index (χ0n) is 10.7. The second-order valence-electron chi connectivity index (χ2n) is 4.41. The van der Waals surface area contributed by atoms with E-state index in [1.807, 2.05) is 18.7 Å². The number of fused-ring (bicyclic) bond motifs is 1. The molecule has 6 heteroatoms. The molecule has 0 aliphatic carbocycles. The van der Waals surface area contributed by atoms with Crippen molar-refractivity contribution in [2.75, 3.05) is 18.5 Å². The van der Waals surface area contributed by atoms with E-state index in [9.17, 15) is 0 Å². The summed E-state index contributed by atoms with van der Waals surface area (Å²) in [6.45, 7) is 1.93. The summed E-state index contributed by atoms with van der Waals surface area (Å²) in [5.74, 6) is 1.01. The third kappa shape index (κ3) is 2.58. The lowest BCUT2D eigenvalue weighted by Crippen LogP contribution is -2.21. The third-order valence-corrected chi connectivity index (χ3v) is 3.89. The van der Waals surface area contributed by atoms with Crippen LogP contribution in [-0.4, -0.2) is 33.1 Å². The Hall–Kier alpha value is -1.95. The van der Waals surface area contributed by atoms with E-state index in [1.54, 1.807) is 17.7 Å². The number of anilines is 1. The number of aromatic nitrogens is 4. The predicted molar refractivity (Wildman–Crippen MR) is 77.5 cm³/mol. The first-order valence-electron chi connectivity index (χ1n) is 6.19. The highest BCUT2D eigenvalue weighted by molar-refractivity contribution is 7.16. The molecule has 0 atom stereocenters. The van der Waals surface area contributed by atoms with Gasteiger partial charge in [-0.25, -0.2) is 15.0 Å². The molecule has 3 aromatic rings. The number of nitrogens with zero attached hydrogens (tertiary/aromatic N) is 5. The molecular formula is C13H15N5S. The molecule has 0 aromatic carbocycles. The highest BCUT2D eigenvalue weighted by Crippen LogP contribution is 2.25. The van der Waals surface area contributed by atoms with E-state index in [1.165, 1.54) is 0 Å². The van der Waals surface area contributed by atoms with Crippen LogP contribution < -0.4 is 4.90 Å². The third-order valence-electron chi connectivity index (χ3n) is 3.07. The van der Waals surface area contributed by atoms with Gasteiger partial charge in [-0.3, -0.25) is 0 Å². The van der Waals surface area contributed by atoms with Crippen LogP contribution in [0.15, 0.2) is 36.5 Å². The average molecular weight is 273 g/mol. The number of hydrogen-bond donors (Lipinski definition) is 0. The fraction of sp³-hybridized carbons (Fsp3) is 0.308.